The van der Waals surface area contributed by atoms with Crippen molar-refractivity contribution in [2.24, 2.45) is 0 Å². The van der Waals surface area contributed by atoms with Crippen LogP contribution in [0.1, 0.15) is 38.8 Å². The van der Waals surface area contributed by atoms with E-state index in [1.807, 2.05) is 82.3 Å². The van der Waals surface area contributed by atoms with Gasteiger partial charge in [0, 0.05) is 6.54 Å². The van der Waals surface area contributed by atoms with Crippen molar-refractivity contribution in [2.75, 3.05) is 13.7 Å². The molecule has 0 aromatic heterocycles. The maximum absolute atomic E-state index is 12.3. The summed E-state index contributed by atoms with van der Waals surface area (Å²) in [5, 5.41) is 2.81. The molecule has 0 aliphatic carbocycles. The van der Waals surface area contributed by atoms with Gasteiger partial charge in [0.15, 0.2) is 0 Å². The molecule has 32 heavy (non-hydrogen) atoms. The first-order chi connectivity index (χ1) is 15.1. The first-order valence-corrected chi connectivity index (χ1v) is 11.2. The minimum absolute atomic E-state index is 0.201. The van der Waals surface area contributed by atoms with Gasteiger partial charge in [-0.1, -0.05) is 42.5 Å². The standard InChI is InChI=1S/C24H29BBrNO5/c1-23(2)24(3,4)32-25(31-23)19(13-18-11-12-20(26)21(14-18)29-5)15-27-22(28)30-16-17-9-7-6-8-10-17/h6-14H,15-16H2,1-5H3,(H,27,28). The van der Waals surface area contributed by atoms with Gasteiger partial charge in [0.1, 0.15) is 12.4 Å². The van der Waals surface area contributed by atoms with Crippen LogP contribution in [0.25, 0.3) is 6.08 Å². The molecule has 1 fully saturated rings. The summed E-state index contributed by atoms with van der Waals surface area (Å²) in [5.41, 5.74) is 1.59. The molecule has 2 aromatic rings. The number of carbonyl (C=O) groups excluding carboxylic acids is 1. The van der Waals surface area contributed by atoms with Gasteiger partial charge in [-0.15, -0.1) is 0 Å². The number of alkyl carbamates (subject to hydrolysis) is 1. The third kappa shape index (κ3) is 5.94. The zero-order chi connectivity index (χ0) is 23.4. The summed E-state index contributed by atoms with van der Waals surface area (Å²) in [6.07, 6.45) is 1.43. The molecule has 0 bridgehead atoms. The van der Waals surface area contributed by atoms with Gasteiger partial charge in [-0.2, -0.15) is 0 Å². The van der Waals surface area contributed by atoms with Gasteiger partial charge in [-0.3, -0.25) is 0 Å². The number of nitrogens with one attached hydrogen (secondary N) is 1. The van der Waals surface area contributed by atoms with Gasteiger partial charge < -0.3 is 24.1 Å². The number of rotatable bonds is 7. The summed E-state index contributed by atoms with van der Waals surface area (Å²) < 4.78 is 24.0. The number of carbonyl (C=O) groups is 1. The Balaban J connectivity index is 1.76. The Morgan fingerprint density at radius 1 is 1.09 bits per heavy atom. The van der Waals surface area contributed by atoms with E-state index < -0.39 is 24.4 Å². The van der Waals surface area contributed by atoms with Gasteiger partial charge in [-0.05, 0) is 72.4 Å². The predicted molar refractivity (Wildman–Crippen MR) is 129 cm³/mol. The molecule has 6 nitrogen and oxygen atoms in total. The smallest absolute Gasteiger partial charge is 0.492 e. The molecule has 1 aliphatic heterocycles. The van der Waals surface area contributed by atoms with Crippen molar-refractivity contribution in [3.63, 3.8) is 0 Å². The molecule has 0 unspecified atom stereocenters. The molecule has 1 aliphatic rings. The summed E-state index contributed by atoms with van der Waals surface area (Å²) in [5.74, 6) is 0.710. The molecular formula is C24H29BBrNO5. The molecule has 0 saturated carbocycles. The van der Waals surface area contributed by atoms with Gasteiger partial charge in [0.25, 0.3) is 0 Å². The SMILES string of the molecule is COc1cc(C=C(CNC(=O)OCc2ccccc2)B2OC(C)(C)C(C)(C)O2)ccc1Br. The van der Waals surface area contributed by atoms with Crippen LogP contribution in [0.3, 0.4) is 0 Å². The number of benzene rings is 2. The Labute approximate surface area is 198 Å². The van der Waals surface area contributed by atoms with Crippen molar-refractivity contribution in [3.8, 4) is 5.75 Å². The van der Waals surface area contributed by atoms with Crippen LogP contribution in [-0.2, 0) is 20.7 Å². The van der Waals surface area contributed by atoms with E-state index in [9.17, 15) is 4.79 Å². The van der Waals surface area contributed by atoms with Gasteiger partial charge in [0.05, 0.1) is 22.8 Å². The van der Waals surface area contributed by atoms with Gasteiger partial charge in [0.2, 0.25) is 0 Å². The highest BCUT2D eigenvalue weighted by Crippen LogP contribution is 2.39. The van der Waals surface area contributed by atoms with E-state index >= 15 is 0 Å². The molecular weight excluding hydrogens is 473 g/mol. The second-order valence-electron chi connectivity index (χ2n) is 8.62. The highest BCUT2D eigenvalue weighted by molar-refractivity contribution is 9.10. The lowest BCUT2D eigenvalue weighted by Gasteiger charge is -2.32. The fraction of sp³-hybridized carbons (Fsp3) is 0.375. The summed E-state index contributed by atoms with van der Waals surface area (Å²) in [6.45, 7) is 8.39. The molecule has 1 amide bonds. The quantitative estimate of drug-likeness (QED) is 0.514. The minimum atomic E-state index is -0.607. The van der Waals surface area contributed by atoms with E-state index in [2.05, 4.69) is 21.2 Å². The normalized spacial score (nSPS) is 17.2. The number of ether oxygens (including phenoxy) is 2. The highest BCUT2D eigenvalue weighted by Gasteiger charge is 2.52. The summed E-state index contributed by atoms with van der Waals surface area (Å²) >= 11 is 3.47. The maximum atomic E-state index is 12.3. The molecule has 170 valence electrons. The lowest BCUT2D eigenvalue weighted by Crippen LogP contribution is -2.41. The first-order valence-electron chi connectivity index (χ1n) is 10.5. The van der Waals surface area contributed by atoms with E-state index in [1.54, 1.807) is 7.11 Å². The third-order valence-electron chi connectivity index (χ3n) is 5.73. The largest absolute Gasteiger partial charge is 0.496 e. The summed E-state index contributed by atoms with van der Waals surface area (Å²) in [7, 11) is 1.01. The fourth-order valence-corrected chi connectivity index (χ4v) is 3.53. The molecule has 8 heteroatoms. The van der Waals surface area contributed by atoms with Crippen molar-refractivity contribution in [2.45, 2.75) is 45.5 Å². The molecule has 1 N–H and O–H groups in total. The highest BCUT2D eigenvalue weighted by atomic mass is 79.9. The predicted octanol–water partition coefficient (Wildman–Crippen LogP) is 5.40. The van der Waals surface area contributed by atoms with Gasteiger partial charge in [-0.25, -0.2) is 4.79 Å². The monoisotopic (exact) mass is 501 g/mol. The van der Waals surface area contributed by atoms with Crippen molar-refractivity contribution >= 4 is 35.2 Å². The van der Waals surface area contributed by atoms with E-state index in [1.165, 1.54) is 0 Å². The lowest BCUT2D eigenvalue weighted by molar-refractivity contribution is 0.00578. The number of halogens is 1. The second-order valence-corrected chi connectivity index (χ2v) is 9.47. The number of amides is 1. The Kier molecular flexibility index (Phi) is 7.69. The van der Waals surface area contributed by atoms with E-state index in [0.717, 1.165) is 21.1 Å². The fourth-order valence-electron chi connectivity index (χ4n) is 3.13. The van der Waals surface area contributed by atoms with Crippen molar-refractivity contribution in [1.82, 2.24) is 5.32 Å². The molecule has 1 heterocycles. The second kappa shape index (κ2) is 10.1. The van der Waals surface area contributed by atoms with Crippen molar-refractivity contribution in [1.29, 1.82) is 0 Å². The van der Waals surface area contributed by atoms with Crippen LogP contribution in [-0.4, -0.2) is 38.1 Å². The molecule has 0 atom stereocenters. The zero-order valence-electron chi connectivity index (χ0n) is 19.1. The van der Waals surface area contributed by atoms with Crippen LogP contribution in [0, 0.1) is 0 Å². The van der Waals surface area contributed by atoms with Gasteiger partial charge >= 0.3 is 13.2 Å². The van der Waals surface area contributed by atoms with Crippen LogP contribution >= 0.6 is 15.9 Å². The zero-order valence-corrected chi connectivity index (χ0v) is 20.7. The van der Waals surface area contributed by atoms with E-state index in [4.69, 9.17) is 18.8 Å². The average molecular weight is 502 g/mol. The molecule has 3 rings (SSSR count). The molecule has 0 spiro atoms. The molecule has 0 radical (unpaired) electrons. The Morgan fingerprint density at radius 3 is 2.38 bits per heavy atom. The number of methoxy groups -OCH3 is 1. The Bertz CT molecular complexity index is 962. The molecule has 1 saturated heterocycles. The maximum Gasteiger partial charge on any atom is 0.492 e. The summed E-state index contributed by atoms with van der Waals surface area (Å²) in [6, 6.07) is 15.3. The Hall–Kier alpha value is -2.29. The summed E-state index contributed by atoms with van der Waals surface area (Å²) in [4.78, 5) is 12.3. The number of hydrogen-bond acceptors (Lipinski definition) is 5. The average Bonchev–Trinajstić information content (AvgIpc) is 2.98. The van der Waals surface area contributed by atoms with Crippen LogP contribution in [0.5, 0.6) is 5.75 Å². The first kappa shape index (κ1) is 24.4. The van der Waals surface area contributed by atoms with Crippen molar-refractivity contribution in [3.05, 3.63) is 69.6 Å². The van der Waals surface area contributed by atoms with Crippen LogP contribution in [0.15, 0.2) is 58.5 Å². The van der Waals surface area contributed by atoms with Crippen LogP contribution in [0.4, 0.5) is 4.79 Å². The van der Waals surface area contributed by atoms with Crippen molar-refractivity contribution < 1.29 is 23.6 Å². The molecule has 2 aromatic carbocycles. The number of hydrogen-bond donors (Lipinski definition) is 1. The van der Waals surface area contributed by atoms with Crippen LogP contribution < -0.4 is 10.1 Å². The van der Waals surface area contributed by atoms with E-state index in [0.29, 0.717) is 5.75 Å². The topological polar surface area (TPSA) is 66.0 Å². The third-order valence-corrected chi connectivity index (χ3v) is 6.39. The minimum Gasteiger partial charge on any atom is -0.496 e. The Morgan fingerprint density at radius 2 is 1.75 bits per heavy atom. The van der Waals surface area contributed by atoms with Crippen LogP contribution in [0.2, 0.25) is 0 Å². The van der Waals surface area contributed by atoms with E-state index in [-0.39, 0.29) is 13.2 Å². The lowest BCUT2D eigenvalue weighted by atomic mass is 9.77.